The van der Waals surface area contributed by atoms with Crippen molar-refractivity contribution >= 4 is 21.9 Å². The number of aromatic nitrogens is 1. The smallest absolute Gasteiger partial charge is 0.310 e. The first-order valence-electron chi connectivity index (χ1n) is 4.57. The molecule has 4 nitrogen and oxygen atoms in total. The van der Waals surface area contributed by atoms with Gasteiger partial charge in [0, 0.05) is 11.8 Å². The molecule has 0 aliphatic heterocycles. The fourth-order valence-electron chi connectivity index (χ4n) is 1.27. The third kappa shape index (κ3) is 3.12. The third-order valence-corrected chi connectivity index (χ3v) is 2.85. The van der Waals surface area contributed by atoms with Crippen LogP contribution >= 0.6 is 15.9 Å². The number of carbonyl (C=O) groups is 1. The maximum absolute atomic E-state index is 12.9. The molecule has 1 heterocycles. The lowest BCUT2D eigenvalue weighted by molar-refractivity contribution is -0.139. The molecule has 0 N–H and O–H groups in total. The molecule has 0 atom stereocenters. The number of carbonyl (C=O) groups excluding carboxylic acids is 1. The quantitative estimate of drug-likeness (QED) is 0.802. The van der Waals surface area contributed by atoms with E-state index in [1.54, 1.807) is 0 Å². The van der Waals surface area contributed by atoms with Crippen LogP contribution in [-0.4, -0.2) is 25.2 Å². The van der Waals surface area contributed by atoms with Crippen molar-refractivity contribution < 1.29 is 23.0 Å². The van der Waals surface area contributed by atoms with Gasteiger partial charge in [0.15, 0.2) is 0 Å². The van der Waals surface area contributed by atoms with Crippen molar-refractivity contribution in [2.45, 2.75) is 12.8 Å². The summed E-state index contributed by atoms with van der Waals surface area (Å²) in [6.45, 7) is 0. The fourth-order valence-corrected chi connectivity index (χ4v) is 1.96. The Kier molecular flexibility index (Phi) is 4.80. The summed E-state index contributed by atoms with van der Waals surface area (Å²) in [4.78, 5) is 14.9. The maximum atomic E-state index is 12.9. The molecule has 1 aromatic heterocycles. The number of alkyl halides is 2. The molecule has 94 valence electrons. The van der Waals surface area contributed by atoms with Crippen LogP contribution in [0.25, 0.3) is 0 Å². The van der Waals surface area contributed by atoms with Crippen LogP contribution < -0.4 is 4.74 Å². The van der Waals surface area contributed by atoms with Crippen LogP contribution in [0.15, 0.2) is 10.7 Å². The van der Waals surface area contributed by atoms with Gasteiger partial charge in [-0.25, -0.2) is 13.8 Å². The Balaban J connectivity index is 3.21. The molecule has 0 saturated heterocycles. The zero-order valence-corrected chi connectivity index (χ0v) is 10.8. The van der Waals surface area contributed by atoms with Crippen molar-refractivity contribution in [2.75, 3.05) is 14.2 Å². The van der Waals surface area contributed by atoms with E-state index >= 15 is 0 Å². The van der Waals surface area contributed by atoms with Crippen LogP contribution in [0.5, 0.6) is 5.88 Å². The van der Waals surface area contributed by atoms with Gasteiger partial charge < -0.3 is 9.47 Å². The van der Waals surface area contributed by atoms with E-state index in [0.29, 0.717) is 0 Å². The molecule has 0 amide bonds. The Morgan fingerprint density at radius 3 is 2.65 bits per heavy atom. The highest BCUT2D eigenvalue weighted by Gasteiger charge is 2.22. The number of methoxy groups -OCH3 is 2. The van der Waals surface area contributed by atoms with E-state index < -0.39 is 12.4 Å². The van der Waals surface area contributed by atoms with Gasteiger partial charge in [0.05, 0.1) is 25.1 Å². The number of nitrogens with zero attached hydrogens (tertiary/aromatic N) is 1. The van der Waals surface area contributed by atoms with Crippen LogP contribution in [0.2, 0.25) is 0 Å². The first-order valence-corrected chi connectivity index (χ1v) is 5.36. The minimum atomic E-state index is -2.74. The van der Waals surface area contributed by atoms with Crippen molar-refractivity contribution in [1.29, 1.82) is 0 Å². The molecule has 0 aliphatic rings. The van der Waals surface area contributed by atoms with Crippen LogP contribution in [0.4, 0.5) is 8.78 Å². The van der Waals surface area contributed by atoms with Crippen LogP contribution in [0, 0.1) is 0 Å². The van der Waals surface area contributed by atoms with Crippen LogP contribution in [0.1, 0.15) is 17.6 Å². The average Bonchev–Trinajstić information content (AvgIpc) is 2.28. The summed E-state index contributed by atoms with van der Waals surface area (Å²) in [5, 5.41) is 0. The fraction of sp³-hybridized carbons (Fsp3) is 0.400. The number of halogens is 3. The Labute approximate surface area is 105 Å². The second kappa shape index (κ2) is 5.90. The molecule has 17 heavy (non-hydrogen) atoms. The Morgan fingerprint density at radius 2 is 2.18 bits per heavy atom. The molecule has 0 fully saturated rings. The number of hydrogen-bond donors (Lipinski definition) is 0. The van der Waals surface area contributed by atoms with E-state index in [0.717, 1.165) is 0 Å². The molecule has 7 heteroatoms. The largest absolute Gasteiger partial charge is 0.480 e. The topological polar surface area (TPSA) is 48.4 Å². The van der Waals surface area contributed by atoms with Gasteiger partial charge in [0.2, 0.25) is 5.88 Å². The average molecular weight is 310 g/mol. The molecular weight excluding hydrogens is 300 g/mol. The molecular formula is C10H10BrF2NO3. The maximum Gasteiger partial charge on any atom is 0.310 e. The standard InChI is InChI=1S/C10H10BrF2NO3/c1-16-6(15)3-5-4-14-10(17-2)8(11)7(5)9(12)13/h4,9H,3H2,1-2H3. The molecule has 0 bridgehead atoms. The molecule has 1 rings (SSSR count). The molecule has 0 spiro atoms. The second-order valence-electron chi connectivity index (χ2n) is 3.07. The van der Waals surface area contributed by atoms with Crippen molar-refractivity contribution in [2.24, 2.45) is 0 Å². The molecule has 0 aromatic carbocycles. The molecule has 0 saturated carbocycles. The van der Waals surface area contributed by atoms with E-state index in [9.17, 15) is 13.6 Å². The summed E-state index contributed by atoms with van der Waals surface area (Å²) < 4.78 is 35.1. The molecule has 0 unspecified atom stereocenters. The lowest BCUT2D eigenvalue weighted by Crippen LogP contribution is -2.09. The van der Waals surface area contributed by atoms with E-state index in [2.05, 4.69) is 25.7 Å². The zero-order valence-electron chi connectivity index (χ0n) is 9.17. The summed E-state index contributed by atoms with van der Waals surface area (Å²) >= 11 is 2.99. The summed E-state index contributed by atoms with van der Waals surface area (Å²) in [6.07, 6.45) is -1.81. The SMILES string of the molecule is COC(=O)Cc1cnc(OC)c(Br)c1C(F)F. The first kappa shape index (κ1) is 13.8. The van der Waals surface area contributed by atoms with E-state index in [1.165, 1.54) is 20.4 Å². The minimum Gasteiger partial charge on any atom is -0.480 e. The lowest BCUT2D eigenvalue weighted by Gasteiger charge is -2.12. The first-order chi connectivity index (χ1) is 8.01. The Bertz CT molecular complexity index is 426. The van der Waals surface area contributed by atoms with Crippen molar-refractivity contribution in [3.05, 3.63) is 21.8 Å². The summed E-state index contributed by atoms with van der Waals surface area (Å²) in [7, 11) is 2.51. The zero-order chi connectivity index (χ0) is 13.0. The van der Waals surface area contributed by atoms with Crippen molar-refractivity contribution in [3.63, 3.8) is 0 Å². The Hall–Kier alpha value is -1.24. The predicted molar refractivity (Wildman–Crippen MR) is 59.2 cm³/mol. The highest BCUT2D eigenvalue weighted by atomic mass is 79.9. The van der Waals surface area contributed by atoms with Crippen LogP contribution in [-0.2, 0) is 16.0 Å². The van der Waals surface area contributed by atoms with E-state index in [4.69, 9.17) is 4.74 Å². The van der Waals surface area contributed by atoms with Gasteiger partial charge in [-0.05, 0) is 21.5 Å². The predicted octanol–water partition coefficient (Wildman–Crippen LogP) is 2.51. The van der Waals surface area contributed by atoms with Gasteiger partial charge in [-0.3, -0.25) is 4.79 Å². The van der Waals surface area contributed by atoms with Gasteiger partial charge in [-0.2, -0.15) is 0 Å². The minimum absolute atomic E-state index is 0.0499. The number of rotatable bonds is 4. The number of esters is 1. The number of pyridine rings is 1. The highest BCUT2D eigenvalue weighted by molar-refractivity contribution is 9.10. The summed E-state index contributed by atoms with van der Waals surface area (Å²) in [5.74, 6) is -0.556. The van der Waals surface area contributed by atoms with Gasteiger partial charge in [0.25, 0.3) is 6.43 Å². The lowest BCUT2D eigenvalue weighted by atomic mass is 10.1. The van der Waals surface area contributed by atoms with E-state index in [1.807, 2.05) is 0 Å². The van der Waals surface area contributed by atoms with Gasteiger partial charge in [-0.1, -0.05) is 0 Å². The molecule has 0 aliphatic carbocycles. The number of hydrogen-bond acceptors (Lipinski definition) is 4. The monoisotopic (exact) mass is 309 g/mol. The van der Waals surface area contributed by atoms with Crippen molar-refractivity contribution in [3.8, 4) is 5.88 Å². The van der Waals surface area contributed by atoms with Gasteiger partial charge >= 0.3 is 5.97 Å². The summed E-state index contributed by atoms with van der Waals surface area (Å²) in [5.41, 5.74) is -0.193. The molecule has 0 radical (unpaired) electrons. The van der Waals surface area contributed by atoms with E-state index in [-0.39, 0.29) is 27.9 Å². The third-order valence-electron chi connectivity index (χ3n) is 2.08. The molecule has 1 aromatic rings. The normalized spacial score (nSPS) is 10.5. The number of ether oxygens (including phenoxy) is 2. The summed E-state index contributed by atoms with van der Waals surface area (Å²) in [6, 6.07) is 0. The van der Waals surface area contributed by atoms with Crippen molar-refractivity contribution in [1.82, 2.24) is 4.98 Å². The highest BCUT2D eigenvalue weighted by Crippen LogP contribution is 2.35. The van der Waals surface area contributed by atoms with Gasteiger partial charge in [0.1, 0.15) is 0 Å². The Morgan fingerprint density at radius 1 is 1.53 bits per heavy atom. The van der Waals surface area contributed by atoms with Crippen LogP contribution in [0.3, 0.4) is 0 Å². The second-order valence-corrected chi connectivity index (χ2v) is 3.87. The van der Waals surface area contributed by atoms with Gasteiger partial charge in [-0.15, -0.1) is 0 Å².